The molecule has 140 valence electrons. The summed E-state index contributed by atoms with van der Waals surface area (Å²) in [4.78, 5) is 12.8. The molecule has 1 aliphatic rings. The Hall–Kier alpha value is -2.79. The van der Waals surface area contributed by atoms with E-state index < -0.39 is 0 Å². The van der Waals surface area contributed by atoms with Crippen LogP contribution in [0.25, 0.3) is 6.08 Å². The summed E-state index contributed by atoms with van der Waals surface area (Å²) in [6.45, 7) is 5.64. The zero-order chi connectivity index (χ0) is 19.6. The number of para-hydroxylation sites is 1. The first-order valence-corrected chi connectivity index (χ1v) is 8.99. The predicted molar refractivity (Wildman–Crippen MR) is 109 cm³/mol. The van der Waals surface area contributed by atoms with Gasteiger partial charge in [0.05, 0.1) is 35.2 Å². The lowest BCUT2D eigenvalue weighted by atomic mass is 10.1. The van der Waals surface area contributed by atoms with Crippen molar-refractivity contribution in [2.45, 2.75) is 26.9 Å². The topological polar surface area (TPSA) is 51.1 Å². The first-order valence-electron chi connectivity index (χ1n) is 8.61. The summed E-state index contributed by atoms with van der Waals surface area (Å²) in [5, 5.41) is 6.21. The number of anilines is 1. The normalized spacial score (nSPS) is 15.5. The van der Waals surface area contributed by atoms with Gasteiger partial charge in [-0.25, -0.2) is 0 Å². The van der Waals surface area contributed by atoms with Gasteiger partial charge >= 0.3 is 0 Å². The Kier molecular flexibility index (Phi) is 5.51. The number of halogens is 1. The van der Waals surface area contributed by atoms with E-state index in [0.717, 1.165) is 11.3 Å². The number of hydrazone groups is 1. The molecule has 2 aromatic carbocycles. The average Bonchev–Trinajstić information content (AvgIpc) is 2.92. The minimum Gasteiger partial charge on any atom is -0.493 e. The van der Waals surface area contributed by atoms with Crippen LogP contribution >= 0.6 is 11.6 Å². The van der Waals surface area contributed by atoms with Crippen molar-refractivity contribution in [3.63, 3.8) is 0 Å². The molecule has 0 bridgehead atoms. The number of hydrogen-bond acceptors (Lipinski definition) is 4. The van der Waals surface area contributed by atoms with Crippen LogP contribution in [0.4, 0.5) is 5.69 Å². The second-order valence-electron chi connectivity index (χ2n) is 6.40. The summed E-state index contributed by atoms with van der Waals surface area (Å²) >= 11 is 6.38. The third-order valence-corrected chi connectivity index (χ3v) is 4.26. The Morgan fingerprint density at radius 3 is 2.52 bits per heavy atom. The molecule has 0 atom stereocenters. The summed E-state index contributed by atoms with van der Waals surface area (Å²) in [5.74, 6) is 0.824. The Labute approximate surface area is 163 Å². The Balaban J connectivity index is 1.96. The first-order chi connectivity index (χ1) is 12.9. The van der Waals surface area contributed by atoms with Crippen LogP contribution in [0.15, 0.2) is 53.1 Å². The quantitative estimate of drug-likeness (QED) is 0.686. The van der Waals surface area contributed by atoms with E-state index in [0.29, 0.717) is 27.8 Å². The fourth-order valence-electron chi connectivity index (χ4n) is 2.77. The number of nitrogens with zero attached hydrogens (tertiary/aromatic N) is 2. The average molecular weight is 385 g/mol. The molecule has 0 radical (unpaired) electrons. The molecule has 0 aromatic heterocycles. The van der Waals surface area contributed by atoms with Crippen molar-refractivity contribution in [1.82, 2.24) is 0 Å². The number of carbonyl (C=O) groups excluding carboxylic acids is 1. The van der Waals surface area contributed by atoms with Crippen LogP contribution in [-0.4, -0.2) is 24.8 Å². The van der Waals surface area contributed by atoms with E-state index in [9.17, 15) is 4.79 Å². The number of carbonyl (C=O) groups is 1. The monoisotopic (exact) mass is 384 g/mol. The van der Waals surface area contributed by atoms with Gasteiger partial charge in [0, 0.05) is 0 Å². The lowest BCUT2D eigenvalue weighted by Gasteiger charge is -2.16. The van der Waals surface area contributed by atoms with Gasteiger partial charge in [0.25, 0.3) is 5.91 Å². The van der Waals surface area contributed by atoms with Gasteiger partial charge in [-0.15, -0.1) is 0 Å². The van der Waals surface area contributed by atoms with Gasteiger partial charge in [-0.3, -0.25) is 4.79 Å². The van der Waals surface area contributed by atoms with E-state index in [1.165, 1.54) is 5.01 Å². The van der Waals surface area contributed by atoms with Gasteiger partial charge < -0.3 is 9.47 Å². The van der Waals surface area contributed by atoms with Crippen LogP contribution in [0.2, 0.25) is 5.02 Å². The highest BCUT2D eigenvalue weighted by Crippen LogP contribution is 2.38. The highest BCUT2D eigenvalue weighted by Gasteiger charge is 2.28. The molecule has 3 rings (SSSR count). The molecule has 0 aliphatic carbocycles. The van der Waals surface area contributed by atoms with E-state index >= 15 is 0 Å². The maximum Gasteiger partial charge on any atom is 0.280 e. The number of amides is 1. The van der Waals surface area contributed by atoms with E-state index in [4.69, 9.17) is 21.1 Å². The molecular weight excluding hydrogens is 364 g/mol. The van der Waals surface area contributed by atoms with E-state index in [2.05, 4.69) is 5.10 Å². The summed E-state index contributed by atoms with van der Waals surface area (Å²) in [5.41, 5.74) is 2.61. The van der Waals surface area contributed by atoms with Gasteiger partial charge in [0.2, 0.25) is 0 Å². The van der Waals surface area contributed by atoms with E-state index in [1.54, 1.807) is 25.3 Å². The smallest absolute Gasteiger partial charge is 0.280 e. The Morgan fingerprint density at radius 1 is 1.19 bits per heavy atom. The summed E-state index contributed by atoms with van der Waals surface area (Å²) < 4.78 is 11.1. The molecule has 0 fully saturated rings. The van der Waals surface area contributed by atoms with E-state index in [-0.39, 0.29) is 12.0 Å². The van der Waals surface area contributed by atoms with Crippen molar-refractivity contribution >= 4 is 35.0 Å². The molecule has 1 amide bonds. The Bertz CT molecular complexity index is 921. The largest absolute Gasteiger partial charge is 0.493 e. The molecule has 0 saturated heterocycles. The zero-order valence-electron chi connectivity index (χ0n) is 15.7. The number of methoxy groups -OCH3 is 1. The fraction of sp³-hybridized carbons (Fsp3) is 0.238. The van der Waals surface area contributed by atoms with Crippen LogP contribution in [0.3, 0.4) is 0 Å². The maximum atomic E-state index is 12.8. The maximum absolute atomic E-state index is 12.8. The predicted octanol–water partition coefficient (Wildman–Crippen LogP) is 4.94. The molecular formula is C21H21ClN2O3. The third-order valence-electron chi connectivity index (χ3n) is 3.98. The Morgan fingerprint density at radius 2 is 1.89 bits per heavy atom. The molecule has 1 heterocycles. The van der Waals surface area contributed by atoms with Gasteiger partial charge in [-0.05, 0) is 56.7 Å². The van der Waals surface area contributed by atoms with Crippen molar-refractivity contribution in [3.8, 4) is 11.5 Å². The zero-order valence-corrected chi connectivity index (χ0v) is 16.4. The minimum atomic E-state index is -0.184. The lowest BCUT2D eigenvalue weighted by Crippen LogP contribution is -2.21. The molecule has 5 nitrogen and oxygen atoms in total. The van der Waals surface area contributed by atoms with Crippen molar-refractivity contribution < 1.29 is 14.3 Å². The number of hydrogen-bond donors (Lipinski definition) is 0. The van der Waals surface area contributed by atoms with Gasteiger partial charge in [-0.2, -0.15) is 10.1 Å². The van der Waals surface area contributed by atoms with Crippen LogP contribution in [0.5, 0.6) is 11.5 Å². The number of ether oxygens (including phenoxy) is 2. The highest BCUT2D eigenvalue weighted by molar-refractivity contribution is 6.33. The molecule has 27 heavy (non-hydrogen) atoms. The first kappa shape index (κ1) is 19.0. The van der Waals surface area contributed by atoms with Crippen LogP contribution in [0.1, 0.15) is 26.3 Å². The van der Waals surface area contributed by atoms with Crippen LogP contribution in [0, 0.1) is 0 Å². The SMILES string of the molecule is COc1cc(C=C2C(=O)N(c3ccccc3)N=C2C)cc(Cl)c1OC(C)C. The lowest BCUT2D eigenvalue weighted by molar-refractivity contribution is -0.114. The minimum absolute atomic E-state index is 0.0363. The van der Waals surface area contributed by atoms with Crippen LogP contribution in [-0.2, 0) is 4.79 Å². The van der Waals surface area contributed by atoms with Gasteiger partial charge in [0.1, 0.15) is 0 Å². The highest BCUT2D eigenvalue weighted by atomic mass is 35.5. The number of rotatable bonds is 5. The second-order valence-corrected chi connectivity index (χ2v) is 6.80. The van der Waals surface area contributed by atoms with Crippen molar-refractivity contribution in [3.05, 3.63) is 58.6 Å². The molecule has 6 heteroatoms. The molecule has 2 aromatic rings. The fourth-order valence-corrected chi connectivity index (χ4v) is 3.03. The molecule has 0 saturated carbocycles. The molecule has 1 aliphatic heterocycles. The number of benzene rings is 2. The van der Waals surface area contributed by atoms with E-state index in [1.807, 2.05) is 51.1 Å². The van der Waals surface area contributed by atoms with Gasteiger partial charge in [0.15, 0.2) is 11.5 Å². The van der Waals surface area contributed by atoms with Crippen molar-refractivity contribution in [2.75, 3.05) is 12.1 Å². The van der Waals surface area contributed by atoms with Crippen molar-refractivity contribution in [2.24, 2.45) is 5.10 Å². The van der Waals surface area contributed by atoms with Crippen LogP contribution < -0.4 is 14.5 Å². The van der Waals surface area contributed by atoms with Gasteiger partial charge in [-0.1, -0.05) is 29.8 Å². The summed E-state index contributed by atoms with van der Waals surface area (Å²) in [7, 11) is 1.56. The second kappa shape index (κ2) is 7.84. The standard InChI is InChI=1S/C21H21ClN2O3/c1-13(2)27-20-18(22)11-15(12-19(20)26-4)10-17-14(3)23-24(21(17)25)16-8-6-5-7-9-16/h5-13H,1-4H3. The molecule has 0 unspecified atom stereocenters. The summed E-state index contributed by atoms with van der Waals surface area (Å²) in [6, 6.07) is 12.9. The molecule has 0 N–H and O–H groups in total. The third kappa shape index (κ3) is 3.98. The van der Waals surface area contributed by atoms with Crippen molar-refractivity contribution in [1.29, 1.82) is 0 Å². The summed E-state index contributed by atoms with van der Waals surface area (Å²) in [6.07, 6.45) is 1.73. The molecule has 0 spiro atoms.